The minimum Gasteiger partial charge on any atom is -0.484 e. The average Bonchev–Trinajstić information content (AvgIpc) is 3.11. The summed E-state index contributed by atoms with van der Waals surface area (Å²) in [5, 5.41) is 8.37. The highest BCUT2D eigenvalue weighted by Gasteiger charge is 2.18. The molecule has 2 aromatic heterocycles. The largest absolute Gasteiger partial charge is 0.484 e. The molecule has 0 unspecified atom stereocenters. The molecule has 0 fully saturated rings. The lowest BCUT2D eigenvalue weighted by molar-refractivity contribution is -0.119. The second kappa shape index (κ2) is 6.15. The van der Waals surface area contributed by atoms with Crippen molar-refractivity contribution in [2.24, 2.45) is 12.8 Å². The number of hydrogen-bond acceptors (Lipinski definition) is 6. The number of amides is 1. The number of primary amides is 1. The van der Waals surface area contributed by atoms with E-state index in [4.69, 9.17) is 15.0 Å². The van der Waals surface area contributed by atoms with Crippen LogP contribution in [0.15, 0.2) is 28.8 Å². The highest BCUT2D eigenvalue weighted by molar-refractivity contribution is 5.75. The van der Waals surface area contributed by atoms with Crippen molar-refractivity contribution in [2.75, 3.05) is 6.61 Å². The number of ether oxygens (including phenoxy) is 1. The van der Waals surface area contributed by atoms with Crippen molar-refractivity contribution in [3.05, 3.63) is 35.7 Å². The molecule has 2 N–H and O–H groups in total. The molecule has 0 saturated carbocycles. The fourth-order valence-electron chi connectivity index (χ4n) is 2.38. The van der Waals surface area contributed by atoms with Gasteiger partial charge in [-0.25, -0.2) is 0 Å². The van der Waals surface area contributed by atoms with Crippen LogP contribution in [0.5, 0.6) is 5.75 Å². The van der Waals surface area contributed by atoms with Gasteiger partial charge in [0.15, 0.2) is 6.61 Å². The molecule has 124 valence electrons. The molecule has 0 aliphatic heterocycles. The quantitative estimate of drug-likeness (QED) is 0.762. The van der Waals surface area contributed by atoms with Gasteiger partial charge >= 0.3 is 0 Å². The number of aromatic nitrogens is 4. The van der Waals surface area contributed by atoms with Gasteiger partial charge in [-0.1, -0.05) is 5.16 Å². The first-order valence-corrected chi connectivity index (χ1v) is 7.31. The molecular formula is C16H17N5O3. The number of carbonyl (C=O) groups excluding carboxylic acids is 1. The molecule has 8 nitrogen and oxygen atoms in total. The molecule has 0 aliphatic rings. The molecule has 0 saturated heterocycles. The summed E-state index contributed by atoms with van der Waals surface area (Å²) in [4.78, 5) is 15.2. The molecule has 1 aromatic carbocycles. The average molecular weight is 327 g/mol. The van der Waals surface area contributed by atoms with Gasteiger partial charge in [0.2, 0.25) is 5.82 Å². The Kier molecular flexibility index (Phi) is 4.03. The van der Waals surface area contributed by atoms with Crippen LogP contribution in [0.25, 0.3) is 22.8 Å². The summed E-state index contributed by atoms with van der Waals surface area (Å²) >= 11 is 0. The van der Waals surface area contributed by atoms with E-state index in [9.17, 15) is 4.79 Å². The van der Waals surface area contributed by atoms with Gasteiger partial charge in [0, 0.05) is 18.3 Å². The molecule has 8 heteroatoms. The predicted octanol–water partition coefficient (Wildman–Crippen LogP) is 1.62. The van der Waals surface area contributed by atoms with Gasteiger partial charge in [-0.15, -0.1) is 0 Å². The molecule has 0 atom stereocenters. The molecule has 3 rings (SSSR count). The van der Waals surface area contributed by atoms with Crippen LogP contribution >= 0.6 is 0 Å². The molecule has 3 aromatic rings. The fourth-order valence-corrected chi connectivity index (χ4v) is 2.38. The van der Waals surface area contributed by atoms with Crippen molar-refractivity contribution in [1.82, 2.24) is 19.9 Å². The molecular weight excluding hydrogens is 310 g/mol. The zero-order valence-corrected chi connectivity index (χ0v) is 13.6. The number of hydrogen-bond donors (Lipinski definition) is 1. The predicted molar refractivity (Wildman–Crippen MR) is 86.1 cm³/mol. The molecule has 0 spiro atoms. The Morgan fingerprint density at radius 2 is 2.00 bits per heavy atom. The number of benzene rings is 1. The Hall–Kier alpha value is -3.16. The Morgan fingerprint density at radius 3 is 2.58 bits per heavy atom. The van der Waals surface area contributed by atoms with E-state index >= 15 is 0 Å². The third kappa shape index (κ3) is 2.98. The lowest BCUT2D eigenvalue weighted by Gasteiger charge is -2.03. The van der Waals surface area contributed by atoms with Crippen molar-refractivity contribution in [1.29, 1.82) is 0 Å². The third-order valence-corrected chi connectivity index (χ3v) is 3.64. The topological polar surface area (TPSA) is 109 Å². The number of carbonyl (C=O) groups is 1. The molecule has 2 heterocycles. The lowest BCUT2D eigenvalue weighted by Crippen LogP contribution is -2.19. The molecule has 0 bridgehead atoms. The normalized spacial score (nSPS) is 10.8. The first-order valence-electron chi connectivity index (χ1n) is 7.31. The van der Waals surface area contributed by atoms with E-state index in [1.807, 2.05) is 20.9 Å². The standard InChI is InChI=1S/C16H17N5O3/c1-9-14(10(2)21(3)19-9)16-18-15(20-24-16)11-4-6-12(7-5-11)23-8-13(17)22/h4-7H,8H2,1-3H3,(H2,17,22). The number of rotatable bonds is 5. The van der Waals surface area contributed by atoms with Crippen molar-refractivity contribution < 1.29 is 14.1 Å². The van der Waals surface area contributed by atoms with Crippen LogP contribution in [0.2, 0.25) is 0 Å². The number of nitrogens with two attached hydrogens (primary N) is 1. The lowest BCUT2D eigenvalue weighted by atomic mass is 10.2. The van der Waals surface area contributed by atoms with Gasteiger partial charge in [-0.05, 0) is 38.1 Å². The smallest absolute Gasteiger partial charge is 0.261 e. The Morgan fingerprint density at radius 1 is 1.29 bits per heavy atom. The highest BCUT2D eigenvalue weighted by Crippen LogP contribution is 2.27. The third-order valence-electron chi connectivity index (χ3n) is 3.64. The van der Waals surface area contributed by atoms with E-state index in [-0.39, 0.29) is 6.61 Å². The van der Waals surface area contributed by atoms with E-state index in [0.29, 0.717) is 17.5 Å². The van der Waals surface area contributed by atoms with Crippen molar-refractivity contribution in [3.63, 3.8) is 0 Å². The summed E-state index contributed by atoms with van der Waals surface area (Å²) in [6.45, 7) is 3.69. The number of aryl methyl sites for hydroxylation is 2. The maximum absolute atomic E-state index is 10.7. The molecule has 0 aliphatic carbocycles. The highest BCUT2D eigenvalue weighted by atomic mass is 16.5. The van der Waals surface area contributed by atoms with Gasteiger partial charge in [0.05, 0.1) is 11.3 Å². The summed E-state index contributed by atoms with van der Waals surface area (Å²) in [6.07, 6.45) is 0. The maximum atomic E-state index is 10.7. The Bertz CT molecular complexity index is 880. The zero-order valence-electron chi connectivity index (χ0n) is 13.6. The maximum Gasteiger partial charge on any atom is 0.261 e. The van der Waals surface area contributed by atoms with E-state index in [2.05, 4.69) is 15.2 Å². The van der Waals surface area contributed by atoms with Crippen LogP contribution in [-0.2, 0) is 11.8 Å². The van der Waals surface area contributed by atoms with Crippen molar-refractivity contribution >= 4 is 5.91 Å². The van der Waals surface area contributed by atoms with Crippen molar-refractivity contribution in [3.8, 4) is 28.6 Å². The zero-order chi connectivity index (χ0) is 17.3. The number of nitrogens with zero attached hydrogens (tertiary/aromatic N) is 4. The van der Waals surface area contributed by atoms with Crippen LogP contribution in [0.1, 0.15) is 11.4 Å². The van der Waals surface area contributed by atoms with Gasteiger partial charge in [0.25, 0.3) is 11.8 Å². The summed E-state index contributed by atoms with van der Waals surface area (Å²) < 4.78 is 12.4. The van der Waals surface area contributed by atoms with Crippen LogP contribution < -0.4 is 10.5 Å². The van der Waals surface area contributed by atoms with Gasteiger partial charge in [0.1, 0.15) is 5.75 Å². The molecule has 1 amide bonds. The monoisotopic (exact) mass is 327 g/mol. The van der Waals surface area contributed by atoms with Crippen LogP contribution in [0.3, 0.4) is 0 Å². The van der Waals surface area contributed by atoms with Crippen LogP contribution in [-0.4, -0.2) is 32.4 Å². The summed E-state index contributed by atoms with van der Waals surface area (Å²) in [7, 11) is 1.87. The first kappa shape index (κ1) is 15.7. The van der Waals surface area contributed by atoms with E-state index in [1.165, 1.54) is 0 Å². The first-order chi connectivity index (χ1) is 11.5. The van der Waals surface area contributed by atoms with Gasteiger partial charge in [-0.3, -0.25) is 9.48 Å². The van der Waals surface area contributed by atoms with Gasteiger partial charge < -0.3 is 15.0 Å². The SMILES string of the molecule is Cc1nn(C)c(C)c1-c1nc(-c2ccc(OCC(N)=O)cc2)no1. The van der Waals surface area contributed by atoms with E-state index in [0.717, 1.165) is 22.5 Å². The van der Waals surface area contributed by atoms with E-state index < -0.39 is 5.91 Å². The summed E-state index contributed by atoms with van der Waals surface area (Å²) in [6, 6.07) is 7.01. The summed E-state index contributed by atoms with van der Waals surface area (Å²) in [5.74, 6) is 0.917. The van der Waals surface area contributed by atoms with Crippen LogP contribution in [0, 0.1) is 13.8 Å². The second-order valence-corrected chi connectivity index (χ2v) is 5.37. The van der Waals surface area contributed by atoms with Gasteiger partial charge in [-0.2, -0.15) is 10.1 Å². The Labute approximate surface area is 138 Å². The second-order valence-electron chi connectivity index (χ2n) is 5.37. The van der Waals surface area contributed by atoms with Crippen LogP contribution in [0.4, 0.5) is 0 Å². The van der Waals surface area contributed by atoms with E-state index in [1.54, 1.807) is 28.9 Å². The summed E-state index contributed by atoms with van der Waals surface area (Å²) in [5.41, 5.74) is 8.45. The minimum absolute atomic E-state index is 0.161. The molecule has 0 radical (unpaired) electrons. The minimum atomic E-state index is -0.524. The van der Waals surface area contributed by atoms with Crippen molar-refractivity contribution in [2.45, 2.75) is 13.8 Å². The molecule has 24 heavy (non-hydrogen) atoms. The Balaban J connectivity index is 1.84. The fraction of sp³-hybridized carbons (Fsp3) is 0.250.